The van der Waals surface area contributed by atoms with E-state index in [2.05, 4.69) is 10.3 Å². The van der Waals surface area contributed by atoms with Crippen molar-refractivity contribution >= 4 is 5.91 Å². The number of aromatic nitrogens is 1. The number of oxazole rings is 1. The van der Waals surface area contributed by atoms with Gasteiger partial charge < -0.3 is 19.2 Å². The number of ether oxygens (including phenoxy) is 2. The van der Waals surface area contributed by atoms with Crippen LogP contribution < -0.4 is 14.8 Å². The monoisotopic (exact) mass is 441 g/mol. The van der Waals surface area contributed by atoms with E-state index in [1.165, 1.54) is 18.4 Å². The maximum Gasteiger partial charge on any atom is 0.273 e. The lowest BCUT2D eigenvalue weighted by atomic mass is 10.2. The van der Waals surface area contributed by atoms with Crippen molar-refractivity contribution in [2.75, 3.05) is 6.79 Å². The fraction of sp³-hybridized carbons (Fsp3) is 0.304. The van der Waals surface area contributed by atoms with Gasteiger partial charge >= 0.3 is 0 Å². The molecule has 1 aromatic heterocycles. The largest absolute Gasteiger partial charge is 0.454 e. The number of halogens is 2. The standard InChI is InChI=1S/C23H21F2N3O4/c24-16-3-2-15(18(25)8-16)10-28(17-4-5-17)11-22-27-19(12-30-22)23(29)26-9-14-1-6-20-21(7-14)32-13-31-20/h1-3,6-8,12,17H,4-5,9-11,13H2,(H,26,29). The van der Waals surface area contributed by atoms with E-state index in [-0.39, 0.29) is 24.4 Å². The van der Waals surface area contributed by atoms with Crippen LogP contribution in [0.15, 0.2) is 47.1 Å². The third-order valence-electron chi connectivity index (χ3n) is 5.46. The van der Waals surface area contributed by atoms with Crippen LogP contribution in [0.5, 0.6) is 11.5 Å². The molecule has 0 bridgehead atoms. The lowest BCUT2D eigenvalue weighted by Gasteiger charge is -2.20. The zero-order valence-electron chi connectivity index (χ0n) is 17.1. The average Bonchev–Trinajstić information content (AvgIpc) is 3.34. The Bertz CT molecular complexity index is 1150. The van der Waals surface area contributed by atoms with Crippen LogP contribution >= 0.6 is 0 Å². The number of carbonyl (C=O) groups is 1. The SMILES string of the molecule is O=C(NCc1ccc2c(c1)OCO2)c1coc(CN(Cc2ccc(F)cc2F)C2CC2)n1. The predicted molar refractivity (Wildman–Crippen MR) is 109 cm³/mol. The van der Waals surface area contributed by atoms with Gasteiger partial charge in [-0.25, -0.2) is 13.8 Å². The Hall–Kier alpha value is -3.46. The molecule has 7 nitrogen and oxygen atoms in total. The highest BCUT2D eigenvalue weighted by Gasteiger charge is 2.31. The van der Waals surface area contributed by atoms with Gasteiger partial charge in [0.2, 0.25) is 12.7 Å². The molecule has 0 atom stereocenters. The molecule has 1 aliphatic heterocycles. The zero-order chi connectivity index (χ0) is 22.1. The quantitative estimate of drug-likeness (QED) is 0.574. The van der Waals surface area contributed by atoms with Crippen molar-refractivity contribution in [3.8, 4) is 11.5 Å². The van der Waals surface area contributed by atoms with Crippen LogP contribution in [0.25, 0.3) is 0 Å². The summed E-state index contributed by atoms with van der Waals surface area (Å²) in [5.74, 6) is 0.160. The third kappa shape index (κ3) is 4.57. The molecule has 0 spiro atoms. The van der Waals surface area contributed by atoms with E-state index in [4.69, 9.17) is 13.9 Å². The molecule has 166 valence electrons. The topological polar surface area (TPSA) is 76.8 Å². The molecule has 0 radical (unpaired) electrons. The highest BCUT2D eigenvalue weighted by molar-refractivity contribution is 5.91. The molecule has 32 heavy (non-hydrogen) atoms. The zero-order valence-corrected chi connectivity index (χ0v) is 17.1. The number of hydrogen-bond donors (Lipinski definition) is 1. The van der Waals surface area contributed by atoms with Gasteiger partial charge in [-0.3, -0.25) is 9.69 Å². The summed E-state index contributed by atoms with van der Waals surface area (Å²) in [6, 6.07) is 9.34. The summed E-state index contributed by atoms with van der Waals surface area (Å²) in [6.45, 7) is 1.13. The summed E-state index contributed by atoms with van der Waals surface area (Å²) >= 11 is 0. The number of nitrogens with one attached hydrogen (secondary N) is 1. The van der Waals surface area contributed by atoms with E-state index in [0.29, 0.717) is 42.6 Å². The maximum absolute atomic E-state index is 14.1. The molecule has 1 aliphatic carbocycles. The number of fused-ring (bicyclic) bond motifs is 1. The smallest absolute Gasteiger partial charge is 0.273 e. The first kappa shape index (κ1) is 20.4. The first-order chi connectivity index (χ1) is 15.5. The van der Waals surface area contributed by atoms with Gasteiger partial charge in [-0.1, -0.05) is 12.1 Å². The second kappa shape index (κ2) is 8.58. The summed E-state index contributed by atoms with van der Waals surface area (Å²) < 4.78 is 43.4. The van der Waals surface area contributed by atoms with Crippen molar-refractivity contribution in [3.63, 3.8) is 0 Å². The van der Waals surface area contributed by atoms with Crippen molar-refractivity contribution in [2.24, 2.45) is 0 Å². The van der Waals surface area contributed by atoms with Crippen LogP contribution in [0.1, 0.15) is 40.3 Å². The van der Waals surface area contributed by atoms with Crippen molar-refractivity contribution in [3.05, 3.63) is 77.0 Å². The van der Waals surface area contributed by atoms with Gasteiger partial charge in [0.1, 0.15) is 17.9 Å². The molecule has 0 saturated heterocycles. The molecule has 2 heterocycles. The normalized spacial score (nSPS) is 14.7. The fourth-order valence-corrected chi connectivity index (χ4v) is 3.61. The van der Waals surface area contributed by atoms with Crippen molar-refractivity contribution in [1.29, 1.82) is 0 Å². The number of carbonyl (C=O) groups excluding carboxylic acids is 1. The average molecular weight is 441 g/mol. The molecule has 1 N–H and O–H groups in total. The van der Waals surface area contributed by atoms with Gasteiger partial charge in [0, 0.05) is 30.8 Å². The Balaban J connectivity index is 1.20. The lowest BCUT2D eigenvalue weighted by molar-refractivity contribution is 0.0945. The van der Waals surface area contributed by atoms with Gasteiger partial charge in [-0.15, -0.1) is 0 Å². The van der Waals surface area contributed by atoms with Crippen LogP contribution in [0.3, 0.4) is 0 Å². The fourth-order valence-electron chi connectivity index (χ4n) is 3.61. The molecular weight excluding hydrogens is 420 g/mol. The molecule has 5 rings (SSSR count). The Morgan fingerprint density at radius 3 is 2.75 bits per heavy atom. The van der Waals surface area contributed by atoms with Crippen LogP contribution in [-0.4, -0.2) is 28.6 Å². The van der Waals surface area contributed by atoms with Crippen LogP contribution in [0, 0.1) is 11.6 Å². The van der Waals surface area contributed by atoms with E-state index < -0.39 is 11.6 Å². The van der Waals surface area contributed by atoms with Gasteiger partial charge in [0.15, 0.2) is 17.2 Å². The number of benzene rings is 2. The Labute approximate surface area is 182 Å². The summed E-state index contributed by atoms with van der Waals surface area (Å²) in [4.78, 5) is 18.8. The number of hydrogen-bond acceptors (Lipinski definition) is 6. The minimum atomic E-state index is -0.603. The van der Waals surface area contributed by atoms with Gasteiger partial charge in [0.25, 0.3) is 5.91 Å². The number of nitrogens with zero attached hydrogens (tertiary/aromatic N) is 2. The molecule has 0 unspecified atom stereocenters. The lowest BCUT2D eigenvalue weighted by Crippen LogP contribution is -2.26. The van der Waals surface area contributed by atoms with Crippen molar-refractivity contribution < 1.29 is 27.5 Å². The van der Waals surface area contributed by atoms with E-state index in [0.717, 1.165) is 24.5 Å². The van der Waals surface area contributed by atoms with Crippen LogP contribution in [0.4, 0.5) is 8.78 Å². The third-order valence-corrected chi connectivity index (χ3v) is 5.46. The second-order valence-electron chi connectivity index (χ2n) is 7.87. The summed E-state index contributed by atoms with van der Waals surface area (Å²) in [5.41, 5.74) is 1.45. The first-order valence-corrected chi connectivity index (χ1v) is 10.3. The molecule has 2 aromatic carbocycles. The summed E-state index contributed by atoms with van der Waals surface area (Å²) in [5, 5.41) is 2.80. The highest BCUT2D eigenvalue weighted by atomic mass is 19.1. The minimum absolute atomic E-state index is 0.171. The molecule has 1 saturated carbocycles. The van der Waals surface area contributed by atoms with Crippen molar-refractivity contribution in [2.45, 2.75) is 38.5 Å². The Morgan fingerprint density at radius 2 is 1.94 bits per heavy atom. The van der Waals surface area contributed by atoms with Gasteiger partial charge in [-0.05, 0) is 36.6 Å². The Morgan fingerprint density at radius 1 is 1.09 bits per heavy atom. The first-order valence-electron chi connectivity index (χ1n) is 10.3. The number of amides is 1. The minimum Gasteiger partial charge on any atom is -0.454 e. The van der Waals surface area contributed by atoms with Crippen molar-refractivity contribution in [1.82, 2.24) is 15.2 Å². The Kier molecular flexibility index (Phi) is 5.48. The molecule has 1 fully saturated rings. The van der Waals surface area contributed by atoms with Crippen LogP contribution in [0.2, 0.25) is 0 Å². The molecule has 2 aliphatic rings. The van der Waals surface area contributed by atoms with Gasteiger partial charge in [-0.2, -0.15) is 0 Å². The maximum atomic E-state index is 14.1. The molecule has 1 amide bonds. The van der Waals surface area contributed by atoms with E-state index in [9.17, 15) is 13.6 Å². The molecule has 3 aromatic rings. The summed E-state index contributed by atoms with van der Waals surface area (Å²) in [7, 11) is 0. The van der Waals surface area contributed by atoms with E-state index in [1.807, 2.05) is 17.0 Å². The molecule has 9 heteroatoms. The molecular formula is C23H21F2N3O4. The summed E-state index contributed by atoms with van der Waals surface area (Å²) in [6.07, 6.45) is 3.30. The predicted octanol–water partition coefficient (Wildman–Crippen LogP) is 3.78. The second-order valence-corrected chi connectivity index (χ2v) is 7.87. The van der Waals surface area contributed by atoms with E-state index in [1.54, 1.807) is 6.07 Å². The van der Waals surface area contributed by atoms with Crippen LogP contribution in [-0.2, 0) is 19.6 Å². The van der Waals surface area contributed by atoms with E-state index >= 15 is 0 Å². The number of rotatable bonds is 8. The van der Waals surface area contributed by atoms with Gasteiger partial charge in [0.05, 0.1) is 6.54 Å². The highest BCUT2D eigenvalue weighted by Crippen LogP contribution is 2.32.